The van der Waals surface area contributed by atoms with E-state index in [2.05, 4.69) is 18.8 Å². The molecule has 2 fully saturated rings. The average molecular weight is 376 g/mol. The molecule has 2 atom stereocenters. The molecule has 2 aliphatic heterocycles. The Morgan fingerprint density at radius 2 is 1.96 bits per heavy atom. The molecule has 27 heavy (non-hydrogen) atoms. The highest BCUT2D eigenvalue weighted by molar-refractivity contribution is 5.94. The summed E-state index contributed by atoms with van der Waals surface area (Å²) in [6.07, 6.45) is 2.47. The van der Waals surface area contributed by atoms with E-state index in [4.69, 9.17) is 4.74 Å². The molecular weight excluding hydrogens is 348 g/mol. The van der Waals surface area contributed by atoms with Gasteiger partial charge in [-0.2, -0.15) is 0 Å². The third kappa shape index (κ3) is 4.58. The van der Waals surface area contributed by atoms with Crippen molar-refractivity contribution >= 4 is 11.9 Å². The fourth-order valence-corrected chi connectivity index (χ4v) is 4.23. The number of hydrogen-bond acceptors (Lipinski definition) is 4. The number of rotatable bonds is 5. The Balaban J connectivity index is 1.64. The summed E-state index contributed by atoms with van der Waals surface area (Å²) in [6, 6.07) is 3.13. The second-order valence-electron chi connectivity index (χ2n) is 8.05. The van der Waals surface area contributed by atoms with E-state index in [9.17, 15) is 19.5 Å². The maximum absolute atomic E-state index is 12.8. The number of aromatic amines is 1. The van der Waals surface area contributed by atoms with Gasteiger partial charge in [0, 0.05) is 37.0 Å². The van der Waals surface area contributed by atoms with Gasteiger partial charge in [-0.25, -0.2) is 0 Å². The molecule has 7 nitrogen and oxygen atoms in total. The topological polar surface area (TPSA) is 99.7 Å². The number of aromatic nitrogens is 1. The van der Waals surface area contributed by atoms with Crippen molar-refractivity contribution in [3.05, 3.63) is 33.7 Å². The number of amides is 1. The number of carbonyl (C=O) groups is 2. The Morgan fingerprint density at radius 1 is 1.26 bits per heavy atom. The molecule has 2 N–H and O–H groups in total. The van der Waals surface area contributed by atoms with E-state index in [1.54, 1.807) is 11.0 Å². The number of aliphatic carboxylic acids is 1. The van der Waals surface area contributed by atoms with E-state index in [1.807, 2.05) is 0 Å². The molecule has 148 valence electrons. The summed E-state index contributed by atoms with van der Waals surface area (Å²) in [7, 11) is 0. The van der Waals surface area contributed by atoms with E-state index < -0.39 is 11.9 Å². The maximum Gasteiger partial charge on any atom is 0.309 e. The zero-order chi connectivity index (χ0) is 19.6. The Labute approximate surface area is 158 Å². The molecular formula is C20H28N2O5. The summed E-state index contributed by atoms with van der Waals surface area (Å²) >= 11 is 0. The van der Waals surface area contributed by atoms with Crippen LogP contribution in [-0.4, -0.2) is 52.7 Å². The molecule has 0 radical (unpaired) electrons. The number of nitrogens with zero attached hydrogens (tertiary/aromatic N) is 1. The van der Waals surface area contributed by atoms with Crippen LogP contribution in [0.5, 0.6) is 0 Å². The molecule has 3 rings (SSSR count). The first-order valence-electron chi connectivity index (χ1n) is 9.72. The second-order valence-corrected chi connectivity index (χ2v) is 8.05. The lowest BCUT2D eigenvalue weighted by atomic mass is 9.84. The minimum atomic E-state index is -0.794. The van der Waals surface area contributed by atoms with Crippen molar-refractivity contribution in [3.8, 4) is 0 Å². The average Bonchev–Trinajstić information content (AvgIpc) is 3.10. The summed E-state index contributed by atoms with van der Waals surface area (Å²) in [5.41, 5.74) is 0.947. The molecule has 1 amide bonds. The Morgan fingerprint density at radius 3 is 2.59 bits per heavy atom. The van der Waals surface area contributed by atoms with Crippen LogP contribution < -0.4 is 5.56 Å². The molecule has 1 aromatic rings. The highest BCUT2D eigenvalue weighted by Crippen LogP contribution is 2.33. The Hall–Kier alpha value is -2.15. The number of H-pyrrole nitrogens is 1. The molecule has 7 heteroatoms. The summed E-state index contributed by atoms with van der Waals surface area (Å²) in [5.74, 6) is -0.823. The van der Waals surface area contributed by atoms with Gasteiger partial charge in [0.25, 0.3) is 5.91 Å². The van der Waals surface area contributed by atoms with Crippen molar-refractivity contribution in [1.82, 2.24) is 9.88 Å². The van der Waals surface area contributed by atoms with Gasteiger partial charge in [-0.1, -0.05) is 13.8 Å². The van der Waals surface area contributed by atoms with Gasteiger partial charge in [0.2, 0.25) is 5.56 Å². The van der Waals surface area contributed by atoms with Crippen molar-refractivity contribution in [1.29, 1.82) is 0 Å². The molecule has 0 bridgehead atoms. The fraction of sp³-hybridized carbons (Fsp3) is 0.650. The quantitative estimate of drug-likeness (QED) is 0.818. The minimum Gasteiger partial charge on any atom is -0.481 e. The van der Waals surface area contributed by atoms with Crippen LogP contribution in [0.1, 0.15) is 49.2 Å². The normalized spacial score (nSPS) is 23.7. The van der Waals surface area contributed by atoms with Crippen molar-refractivity contribution < 1.29 is 19.4 Å². The summed E-state index contributed by atoms with van der Waals surface area (Å²) < 4.78 is 5.69. The van der Waals surface area contributed by atoms with Crippen LogP contribution in [0, 0.1) is 17.8 Å². The van der Waals surface area contributed by atoms with Gasteiger partial charge in [-0.3, -0.25) is 14.4 Å². The van der Waals surface area contributed by atoms with Gasteiger partial charge in [0.05, 0.1) is 12.0 Å². The first kappa shape index (κ1) is 19.6. The molecule has 2 saturated heterocycles. The third-order valence-electron chi connectivity index (χ3n) is 5.52. The Kier molecular flexibility index (Phi) is 5.99. The molecule has 0 aromatic carbocycles. The van der Waals surface area contributed by atoms with Crippen LogP contribution in [0.15, 0.2) is 16.9 Å². The molecule has 0 aliphatic carbocycles. The molecule has 2 aliphatic rings. The van der Waals surface area contributed by atoms with Crippen LogP contribution in [0.4, 0.5) is 0 Å². The molecule has 3 heterocycles. The smallest absolute Gasteiger partial charge is 0.309 e. The minimum absolute atomic E-state index is 0.133. The number of carboxylic acid groups (broad SMARTS) is 1. The van der Waals surface area contributed by atoms with Crippen LogP contribution in [-0.2, 0) is 16.0 Å². The number of pyridine rings is 1. The van der Waals surface area contributed by atoms with Crippen molar-refractivity contribution in [2.24, 2.45) is 17.8 Å². The van der Waals surface area contributed by atoms with Gasteiger partial charge >= 0.3 is 5.97 Å². The number of piperidine rings is 1. The number of carbonyl (C=O) groups excluding carboxylic acids is 1. The lowest BCUT2D eigenvalue weighted by Crippen LogP contribution is -2.43. The van der Waals surface area contributed by atoms with E-state index in [-0.39, 0.29) is 23.5 Å². The van der Waals surface area contributed by atoms with Crippen molar-refractivity contribution in [2.45, 2.75) is 45.6 Å². The van der Waals surface area contributed by atoms with Gasteiger partial charge < -0.3 is 19.7 Å². The van der Waals surface area contributed by atoms with E-state index in [1.165, 1.54) is 6.07 Å². The first-order valence-corrected chi connectivity index (χ1v) is 9.72. The van der Waals surface area contributed by atoms with E-state index in [0.717, 1.165) is 18.5 Å². The predicted octanol–water partition coefficient (Wildman–Crippen LogP) is 1.92. The van der Waals surface area contributed by atoms with Crippen molar-refractivity contribution in [2.75, 3.05) is 19.7 Å². The fourth-order valence-electron chi connectivity index (χ4n) is 4.23. The third-order valence-corrected chi connectivity index (χ3v) is 5.52. The monoisotopic (exact) mass is 376 g/mol. The SMILES string of the molecule is CC(C)Cc1cc(C(=O)N2CCC([C@@H]3OCCC3C(=O)O)CC2)cc(=O)[nH]1. The van der Waals surface area contributed by atoms with Crippen LogP contribution in [0.2, 0.25) is 0 Å². The summed E-state index contributed by atoms with van der Waals surface area (Å²) in [4.78, 5) is 40.7. The standard InChI is InChI=1S/C20H28N2O5/c1-12(2)9-15-10-14(11-17(23)21-15)19(24)22-6-3-13(4-7-22)18-16(20(25)26)5-8-27-18/h10-13,16,18H,3-9H2,1-2H3,(H,21,23)(H,25,26)/t16?,18-/m0/s1. The van der Waals surface area contributed by atoms with Crippen molar-refractivity contribution in [3.63, 3.8) is 0 Å². The zero-order valence-electron chi connectivity index (χ0n) is 15.9. The summed E-state index contributed by atoms with van der Waals surface area (Å²) in [5, 5.41) is 9.34. The van der Waals surface area contributed by atoms with Gasteiger partial charge in [-0.05, 0) is 43.6 Å². The highest BCUT2D eigenvalue weighted by Gasteiger charge is 2.40. The number of ether oxygens (including phenoxy) is 1. The van der Waals surface area contributed by atoms with Crippen LogP contribution in [0.25, 0.3) is 0 Å². The summed E-state index contributed by atoms with van der Waals surface area (Å²) in [6.45, 7) is 5.73. The number of carboxylic acids is 1. The lowest BCUT2D eigenvalue weighted by Gasteiger charge is -2.35. The molecule has 1 aromatic heterocycles. The largest absolute Gasteiger partial charge is 0.481 e. The van der Waals surface area contributed by atoms with E-state index in [0.29, 0.717) is 44.0 Å². The van der Waals surface area contributed by atoms with E-state index >= 15 is 0 Å². The van der Waals surface area contributed by atoms with Gasteiger partial charge in [-0.15, -0.1) is 0 Å². The zero-order valence-corrected chi connectivity index (χ0v) is 15.9. The lowest BCUT2D eigenvalue weighted by molar-refractivity contribution is -0.145. The molecule has 0 saturated carbocycles. The Bertz CT molecular complexity index is 749. The van der Waals surface area contributed by atoms with Crippen LogP contribution in [0.3, 0.4) is 0 Å². The molecule has 0 spiro atoms. The maximum atomic E-state index is 12.8. The number of likely N-dealkylation sites (tertiary alicyclic amines) is 1. The number of hydrogen-bond donors (Lipinski definition) is 2. The van der Waals surface area contributed by atoms with Gasteiger partial charge in [0.1, 0.15) is 0 Å². The molecule has 1 unspecified atom stereocenters. The second kappa shape index (κ2) is 8.25. The van der Waals surface area contributed by atoms with Crippen LogP contribution >= 0.6 is 0 Å². The van der Waals surface area contributed by atoms with Gasteiger partial charge in [0.15, 0.2) is 0 Å². The number of nitrogens with one attached hydrogen (secondary N) is 1. The highest BCUT2D eigenvalue weighted by atomic mass is 16.5. The predicted molar refractivity (Wildman–Crippen MR) is 99.7 cm³/mol. The first-order chi connectivity index (χ1) is 12.8.